The number of hydrogen-bond donors (Lipinski definition) is 0. The Labute approximate surface area is 247 Å². The van der Waals surface area contributed by atoms with Crippen molar-refractivity contribution in [1.82, 2.24) is 0 Å². The summed E-state index contributed by atoms with van der Waals surface area (Å²) < 4.78 is 0. The molecule has 6 rings (SSSR count). The van der Waals surface area contributed by atoms with Crippen LogP contribution >= 0.6 is 0 Å². The lowest BCUT2D eigenvalue weighted by Gasteiger charge is -2.13. The van der Waals surface area contributed by atoms with E-state index < -0.39 is 33.5 Å². The van der Waals surface area contributed by atoms with Crippen LogP contribution in [0.5, 0.6) is 0 Å². The van der Waals surface area contributed by atoms with E-state index in [2.05, 4.69) is 11.8 Å². The minimum atomic E-state index is -0.645. The Hall–Kier alpha value is -6.74. The molecule has 0 radical (unpaired) electrons. The van der Waals surface area contributed by atoms with Crippen LogP contribution in [0.4, 0.5) is 22.7 Å². The van der Waals surface area contributed by atoms with Crippen LogP contribution in [0.15, 0.2) is 91.0 Å². The summed E-state index contributed by atoms with van der Waals surface area (Å²) in [7, 11) is 0. The van der Waals surface area contributed by atoms with Gasteiger partial charge >= 0.3 is 0 Å². The van der Waals surface area contributed by atoms with E-state index in [-0.39, 0.29) is 33.6 Å². The van der Waals surface area contributed by atoms with Crippen molar-refractivity contribution in [2.75, 3.05) is 9.80 Å². The van der Waals surface area contributed by atoms with Gasteiger partial charge in [-0.1, -0.05) is 24.0 Å². The Morgan fingerprint density at radius 1 is 0.568 bits per heavy atom. The first-order chi connectivity index (χ1) is 21.1. The van der Waals surface area contributed by atoms with E-state index in [1.54, 1.807) is 60.7 Å². The molecule has 2 aliphatic heterocycles. The molecule has 44 heavy (non-hydrogen) atoms. The van der Waals surface area contributed by atoms with Crippen LogP contribution in [0, 0.1) is 32.1 Å². The fourth-order valence-corrected chi connectivity index (χ4v) is 4.84. The molecule has 0 aliphatic carbocycles. The number of nitro benzene ring substituents is 2. The quantitative estimate of drug-likeness (QED) is 0.134. The first-order valence-electron chi connectivity index (χ1n) is 12.9. The average molecular weight is 585 g/mol. The fraction of sp³-hybridized carbons (Fsp3) is 0. The second kappa shape index (κ2) is 10.6. The van der Waals surface area contributed by atoms with Gasteiger partial charge in [-0.2, -0.15) is 0 Å². The smallest absolute Gasteiger partial charge is 0.268 e. The normalized spacial score (nSPS) is 13.6. The number of imide groups is 2. The van der Waals surface area contributed by atoms with Gasteiger partial charge in [0.05, 0.1) is 43.5 Å². The number of benzene rings is 4. The number of amides is 4. The highest BCUT2D eigenvalue weighted by Gasteiger charge is 2.39. The Bertz CT molecular complexity index is 2050. The van der Waals surface area contributed by atoms with Crippen molar-refractivity contribution in [3.05, 3.63) is 145 Å². The lowest BCUT2D eigenvalue weighted by molar-refractivity contribution is -0.385. The van der Waals surface area contributed by atoms with Crippen LogP contribution in [0.2, 0.25) is 0 Å². The van der Waals surface area contributed by atoms with E-state index in [9.17, 15) is 39.4 Å². The maximum Gasteiger partial charge on any atom is 0.270 e. The highest BCUT2D eigenvalue weighted by Crippen LogP contribution is 2.32. The van der Waals surface area contributed by atoms with Crippen molar-refractivity contribution < 1.29 is 29.0 Å². The summed E-state index contributed by atoms with van der Waals surface area (Å²) in [5, 5.41) is 22.1. The summed E-state index contributed by atoms with van der Waals surface area (Å²) >= 11 is 0. The molecule has 0 N–H and O–H groups in total. The molecule has 0 saturated heterocycles. The van der Waals surface area contributed by atoms with Crippen molar-refractivity contribution in [1.29, 1.82) is 0 Å². The Balaban J connectivity index is 1.12. The fourth-order valence-electron chi connectivity index (χ4n) is 4.84. The molecule has 12 heteroatoms. The summed E-state index contributed by atoms with van der Waals surface area (Å²) in [4.78, 5) is 74.0. The van der Waals surface area contributed by atoms with Gasteiger partial charge in [0.1, 0.15) is 0 Å². The Morgan fingerprint density at radius 2 is 1.00 bits per heavy atom. The maximum absolute atomic E-state index is 12.8. The number of fused-ring (bicyclic) bond motifs is 2. The predicted octanol–water partition coefficient (Wildman–Crippen LogP) is 5.17. The standard InChI is InChI=1S/C32H16N4O8/c37-29-25-15-13-23(35(41)42)17-27(25)31(39)33(29)21-9-5-19(6-10-21)3-1-2-4-20-7-11-22(12-8-20)34-30(38)26-16-14-24(36(43)44)18-28(26)32(34)40/h1,3,5-18H. The highest BCUT2D eigenvalue weighted by molar-refractivity contribution is 6.35. The predicted molar refractivity (Wildman–Crippen MR) is 157 cm³/mol. The van der Waals surface area contributed by atoms with Gasteiger partial charge in [0.25, 0.3) is 35.0 Å². The number of carbonyl (C=O) groups excluding carboxylic acids is 4. The molecule has 0 atom stereocenters. The first-order valence-corrected chi connectivity index (χ1v) is 12.9. The zero-order valence-electron chi connectivity index (χ0n) is 22.3. The van der Waals surface area contributed by atoms with E-state index in [0.717, 1.165) is 27.5 Å². The van der Waals surface area contributed by atoms with Gasteiger partial charge in [0.15, 0.2) is 0 Å². The van der Waals surface area contributed by atoms with E-state index in [1.807, 2.05) is 0 Å². The molecule has 4 aromatic rings. The number of anilines is 2. The van der Waals surface area contributed by atoms with Crippen LogP contribution in [-0.2, 0) is 0 Å². The second-order valence-electron chi connectivity index (χ2n) is 9.61. The van der Waals surface area contributed by atoms with Crippen LogP contribution < -0.4 is 9.80 Å². The van der Waals surface area contributed by atoms with Crippen molar-refractivity contribution in [3.8, 4) is 11.8 Å². The second-order valence-corrected chi connectivity index (χ2v) is 9.61. The molecular formula is C32H16N4O8. The Morgan fingerprint density at radius 3 is 1.45 bits per heavy atom. The zero-order valence-corrected chi connectivity index (χ0v) is 22.3. The van der Waals surface area contributed by atoms with E-state index in [4.69, 9.17) is 0 Å². The lowest BCUT2D eigenvalue weighted by atomic mass is 10.1. The van der Waals surface area contributed by atoms with Gasteiger partial charge in [0, 0.05) is 29.8 Å². The number of hydrogen-bond acceptors (Lipinski definition) is 8. The van der Waals surface area contributed by atoms with Gasteiger partial charge in [0.2, 0.25) is 0 Å². The molecule has 0 aromatic heterocycles. The van der Waals surface area contributed by atoms with Gasteiger partial charge in [-0.3, -0.25) is 39.4 Å². The molecule has 0 bridgehead atoms. The van der Waals surface area contributed by atoms with Crippen LogP contribution in [0.3, 0.4) is 0 Å². The third-order valence-corrected chi connectivity index (χ3v) is 7.01. The third kappa shape index (κ3) is 4.66. The molecule has 0 fully saturated rings. The minimum absolute atomic E-state index is 0.0218. The van der Waals surface area contributed by atoms with E-state index >= 15 is 0 Å². The summed E-state index contributed by atoms with van der Waals surface area (Å²) in [5.41, 5.74) is 1.55. The molecule has 212 valence electrons. The Kier molecular flexibility index (Phi) is 6.60. The molecule has 12 nitrogen and oxygen atoms in total. The lowest BCUT2D eigenvalue weighted by Crippen LogP contribution is -2.29. The van der Waals surface area contributed by atoms with Crippen molar-refractivity contribution in [2.45, 2.75) is 0 Å². The van der Waals surface area contributed by atoms with Gasteiger partial charge in [-0.05, 0) is 66.2 Å². The molecule has 4 aromatic carbocycles. The van der Waals surface area contributed by atoms with E-state index in [0.29, 0.717) is 16.9 Å². The minimum Gasteiger partial charge on any atom is -0.268 e. The van der Waals surface area contributed by atoms with Gasteiger partial charge in [-0.25, -0.2) is 9.80 Å². The van der Waals surface area contributed by atoms with Crippen molar-refractivity contribution in [3.63, 3.8) is 0 Å². The van der Waals surface area contributed by atoms with Crippen LogP contribution in [0.25, 0.3) is 6.08 Å². The van der Waals surface area contributed by atoms with Crippen molar-refractivity contribution in [2.24, 2.45) is 0 Å². The van der Waals surface area contributed by atoms with Gasteiger partial charge in [-0.15, -0.1) is 0 Å². The molecule has 0 spiro atoms. The average Bonchev–Trinajstić information content (AvgIpc) is 3.43. The monoisotopic (exact) mass is 584 g/mol. The number of nitrogens with zero attached hydrogens (tertiary/aromatic N) is 4. The summed E-state index contributed by atoms with van der Waals surface area (Å²) in [5.74, 6) is 3.40. The number of nitro groups is 2. The zero-order chi connectivity index (χ0) is 31.1. The SMILES string of the molecule is O=C1c2ccc([N+](=O)[O-])cc2C(=O)N1c1ccc(C#CC=Cc2ccc(N3C(=O)c4ccc([N+](=O)[O-])cc4C3=O)cc2)cc1. The molecule has 4 amide bonds. The summed E-state index contributed by atoms with van der Waals surface area (Å²) in [6.07, 6.45) is 3.32. The maximum atomic E-state index is 12.8. The highest BCUT2D eigenvalue weighted by atomic mass is 16.6. The van der Waals surface area contributed by atoms with Crippen molar-refractivity contribution >= 4 is 52.5 Å². The number of allylic oxidation sites excluding steroid dienone is 1. The molecule has 0 unspecified atom stereocenters. The number of non-ortho nitro benzene ring substituents is 2. The largest absolute Gasteiger partial charge is 0.270 e. The van der Waals surface area contributed by atoms with E-state index in [1.165, 1.54) is 24.3 Å². The topological polar surface area (TPSA) is 161 Å². The van der Waals surface area contributed by atoms with Crippen LogP contribution in [-0.4, -0.2) is 33.5 Å². The summed E-state index contributed by atoms with van der Waals surface area (Å²) in [6, 6.07) is 20.0. The number of carbonyl (C=O) groups is 4. The molecule has 2 heterocycles. The van der Waals surface area contributed by atoms with Gasteiger partial charge < -0.3 is 0 Å². The number of rotatable bonds is 5. The summed E-state index contributed by atoms with van der Waals surface area (Å²) in [6.45, 7) is 0. The molecule has 2 aliphatic rings. The third-order valence-electron chi connectivity index (χ3n) is 7.01. The molecular weight excluding hydrogens is 568 g/mol. The van der Waals surface area contributed by atoms with Crippen LogP contribution in [0.1, 0.15) is 52.6 Å². The molecule has 0 saturated carbocycles. The first kappa shape index (κ1) is 27.4.